The molecule has 4 rings (SSSR count). The summed E-state index contributed by atoms with van der Waals surface area (Å²) in [5.41, 5.74) is 3.35. The van der Waals surface area contributed by atoms with Crippen molar-refractivity contribution in [2.45, 2.75) is 97.4 Å². The number of nitrogens with one attached hydrogen (secondary N) is 1. The largest absolute Gasteiger partial charge is 0.449 e. The molecule has 2 aromatic heterocycles. The lowest BCUT2D eigenvalue weighted by Crippen LogP contribution is -2.48. The molecule has 0 atom stereocenters. The van der Waals surface area contributed by atoms with Crippen LogP contribution in [0.1, 0.15) is 108 Å². The summed E-state index contributed by atoms with van der Waals surface area (Å²) in [6.45, 7) is 16.0. The molecular weight excluding hydrogens is 414 g/mol. The fraction of sp³-hybridized carbons (Fsp3) is 0.667. The first kappa shape index (κ1) is 23.8. The van der Waals surface area contributed by atoms with Crippen LogP contribution in [-0.2, 0) is 10.2 Å². The molecule has 6 heteroatoms. The molecule has 2 aromatic rings. The molecule has 0 bridgehead atoms. The lowest BCUT2D eigenvalue weighted by atomic mass is 9.72. The summed E-state index contributed by atoms with van der Waals surface area (Å²) in [6.07, 6.45) is 4.96. The van der Waals surface area contributed by atoms with Gasteiger partial charge < -0.3 is 14.6 Å². The van der Waals surface area contributed by atoms with Gasteiger partial charge in [-0.15, -0.1) is 0 Å². The van der Waals surface area contributed by atoms with Crippen molar-refractivity contribution in [1.29, 1.82) is 0 Å². The van der Waals surface area contributed by atoms with E-state index in [1.165, 1.54) is 12.8 Å². The second kappa shape index (κ2) is 8.14. The maximum absolute atomic E-state index is 13.5. The van der Waals surface area contributed by atoms with E-state index in [-0.39, 0.29) is 23.7 Å². The second-order valence-electron chi connectivity index (χ2n) is 12.4. The maximum atomic E-state index is 13.5. The third-order valence-corrected chi connectivity index (χ3v) is 7.50. The molecule has 3 heterocycles. The highest BCUT2D eigenvalue weighted by atomic mass is 16.3. The van der Waals surface area contributed by atoms with Crippen LogP contribution in [0.25, 0.3) is 11.1 Å². The van der Waals surface area contributed by atoms with Gasteiger partial charge in [0.15, 0.2) is 11.3 Å². The summed E-state index contributed by atoms with van der Waals surface area (Å²) in [7, 11) is 0. The monoisotopic (exact) mass is 453 g/mol. The minimum Gasteiger partial charge on any atom is -0.449 e. The molecule has 0 spiro atoms. The molecular formula is C27H39N3O3. The number of nitrogens with zero attached hydrogens (tertiary/aromatic N) is 2. The molecule has 6 nitrogen and oxygen atoms in total. The van der Waals surface area contributed by atoms with Gasteiger partial charge in [0.05, 0.1) is 0 Å². The zero-order valence-electron chi connectivity index (χ0n) is 21.3. The zero-order chi connectivity index (χ0) is 24.2. The Bertz CT molecular complexity index is 1060. The van der Waals surface area contributed by atoms with Crippen molar-refractivity contribution < 1.29 is 14.0 Å². The first-order valence-corrected chi connectivity index (χ1v) is 12.3. The van der Waals surface area contributed by atoms with E-state index in [0.717, 1.165) is 29.6 Å². The Labute approximate surface area is 197 Å². The standard InChI is InChI=1S/C27H39N3O3/c1-25(2,3)18-14-19(17-8-10-26(4,5)11-9-17)29-20-15-21(33-23(18)20)24(32)30-13-12-28-22(31)16-27(30,6)7/h14-15,17H,8-13,16H2,1-7H3,(H,28,31). The van der Waals surface area contributed by atoms with Gasteiger partial charge in [0, 0.05) is 48.3 Å². The summed E-state index contributed by atoms with van der Waals surface area (Å²) in [5.74, 6) is 0.527. The Kier molecular flexibility index (Phi) is 5.86. The van der Waals surface area contributed by atoms with Gasteiger partial charge in [0.1, 0.15) is 5.52 Å². The number of carbonyl (C=O) groups is 2. The summed E-state index contributed by atoms with van der Waals surface area (Å²) >= 11 is 0. The van der Waals surface area contributed by atoms with Crippen molar-refractivity contribution in [1.82, 2.24) is 15.2 Å². The fourth-order valence-electron chi connectivity index (χ4n) is 5.28. The quantitative estimate of drug-likeness (QED) is 0.647. The van der Waals surface area contributed by atoms with Gasteiger partial charge in [0.2, 0.25) is 5.91 Å². The Morgan fingerprint density at radius 2 is 1.82 bits per heavy atom. The highest BCUT2D eigenvalue weighted by Crippen LogP contribution is 2.43. The van der Waals surface area contributed by atoms with Crippen molar-refractivity contribution in [2.75, 3.05) is 13.1 Å². The van der Waals surface area contributed by atoms with E-state index in [1.807, 2.05) is 13.8 Å². The Balaban J connectivity index is 1.73. The van der Waals surface area contributed by atoms with E-state index in [9.17, 15) is 9.59 Å². The number of aromatic nitrogens is 1. The van der Waals surface area contributed by atoms with Crippen molar-refractivity contribution in [3.05, 3.63) is 29.2 Å². The SMILES string of the molecule is CC1(C)CCC(c2cc(C(C)(C)C)c3oc(C(=O)N4CCNC(=O)CC4(C)C)cc3n2)CC1. The van der Waals surface area contributed by atoms with Crippen LogP contribution in [0.3, 0.4) is 0 Å². The van der Waals surface area contributed by atoms with E-state index in [4.69, 9.17) is 9.40 Å². The molecule has 1 N–H and O–H groups in total. The van der Waals surface area contributed by atoms with E-state index in [1.54, 1.807) is 11.0 Å². The summed E-state index contributed by atoms with van der Waals surface area (Å²) in [6, 6.07) is 4.01. The van der Waals surface area contributed by atoms with Crippen LogP contribution in [0.4, 0.5) is 0 Å². The van der Waals surface area contributed by atoms with Gasteiger partial charge in [-0.2, -0.15) is 0 Å². The van der Waals surface area contributed by atoms with Gasteiger partial charge in [-0.3, -0.25) is 9.59 Å². The number of furan rings is 1. The normalized spacial score (nSPS) is 21.7. The van der Waals surface area contributed by atoms with E-state index in [2.05, 4.69) is 46.0 Å². The minimum absolute atomic E-state index is 0.0307. The summed E-state index contributed by atoms with van der Waals surface area (Å²) in [5, 5.41) is 2.87. The fourth-order valence-corrected chi connectivity index (χ4v) is 5.28. The Morgan fingerprint density at radius 1 is 1.15 bits per heavy atom. The highest BCUT2D eigenvalue weighted by molar-refractivity contribution is 5.97. The first-order chi connectivity index (χ1) is 15.3. The zero-order valence-corrected chi connectivity index (χ0v) is 21.3. The van der Waals surface area contributed by atoms with Crippen LogP contribution in [-0.4, -0.2) is 40.3 Å². The maximum Gasteiger partial charge on any atom is 0.290 e. The third kappa shape index (κ3) is 4.80. The molecule has 1 aliphatic heterocycles. The average Bonchev–Trinajstić information content (AvgIpc) is 3.06. The number of carbonyl (C=O) groups excluding carboxylic acids is 2. The van der Waals surface area contributed by atoms with Crippen LogP contribution in [0.2, 0.25) is 0 Å². The van der Waals surface area contributed by atoms with Gasteiger partial charge in [-0.05, 0) is 56.4 Å². The van der Waals surface area contributed by atoms with Crippen molar-refractivity contribution in [3.63, 3.8) is 0 Å². The Hall–Kier alpha value is -2.37. The van der Waals surface area contributed by atoms with E-state index >= 15 is 0 Å². The summed E-state index contributed by atoms with van der Waals surface area (Å²) < 4.78 is 6.22. The van der Waals surface area contributed by atoms with Gasteiger partial charge >= 0.3 is 0 Å². The third-order valence-electron chi connectivity index (χ3n) is 7.50. The molecule has 1 saturated heterocycles. The molecule has 0 radical (unpaired) electrons. The van der Waals surface area contributed by atoms with Crippen LogP contribution in [0.15, 0.2) is 16.5 Å². The molecule has 2 fully saturated rings. The molecule has 33 heavy (non-hydrogen) atoms. The van der Waals surface area contributed by atoms with E-state index < -0.39 is 5.54 Å². The van der Waals surface area contributed by atoms with Gasteiger partial charge in [0.25, 0.3) is 5.91 Å². The van der Waals surface area contributed by atoms with Gasteiger partial charge in [-0.25, -0.2) is 4.98 Å². The summed E-state index contributed by atoms with van der Waals surface area (Å²) in [4.78, 5) is 32.3. The lowest BCUT2D eigenvalue weighted by molar-refractivity contribution is -0.122. The van der Waals surface area contributed by atoms with Gasteiger partial charge in [-0.1, -0.05) is 34.6 Å². The molecule has 2 amide bonds. The smallest absolute Gasteiger partial charge is 0.290 e. The number of amides is 2. The predicted octanol–water partition coefficient (Wildman–Crippen LogP) is 5.55. The van der Waals surface area contributed by atoms with Crippen LogP contribution in [0.5, 0.6) is 0 Å². The molecule has 0 aromatic carbocycles. The predicted molar refractivity (Wildman–Crippen MR) is 130 cm³/mol. The topological polar surface area (TPSA) is 75.4 Å². The molecule has 0 unspecified atom stereocenters. The van der Waals surface area contributed by atoms with Crippen LogP contribution >= 0.6 is 0 Å². The van der Waals surface area contributed by atoms with Crippen LogP contribution < -0.4 is 5.32 Å². The molecule has 180 valence electrons. The second-order valence-corrected chi connectivity index (χ2v) is 12.4. The van der Waals surface area contributed by atoms with E-state index in [0.29, 0.717) is 35.8 Å². The molecule has 2 aliphatic rings. The highest BCUT2D eigenvalue weighted by Gasteiger charge is 2.37. The van der Waals surface area contributed by atoms with Crippen molar-refractivity contribution in [3.8, 4) is 0 Å². The number of hydrogen-bond donors (Lipinski definition) is 1. The number of pyridine rings is 1. The molecule has 1 aliphatic carbocycles. The number of rotatable bonds is 2. The first-order valence-electron chi connectivity index (χ1n) is 12.3. The number of hydrogen-bond acceptors (Lipinski definition) is 4. The van der Waals surface area contributed by atoms with Crippen molar-refractivity contribution in [2.24, 2.45) is 5.41 Å². The average molecular weight is 454 g/mol. The molecule has 1 saturated carbocycles. The van der Waals surface area contributed by atoms with Crippen LogP contribution in [0, 0.1) is 5.41 Å². The lowest BCUT2D eigenvalue weighted by Gasteiger charge is -2.35. The van der Waals surface area contributed by atoms with Crippen molar-refractivity contribution >= 4 is 22.9 Å². The number of fused-ring (bicyclic) bond motifs is 1. The Morgan fingerprint density at radius 3 is 2.45 bits per heavy atom. The minimum atomic E-state index is -0.586.